The van der Waals surface area contributed by atoms with Gasteiger partial charge in [0.15, 0.2) is 0 Å². The summed E-state index contributed by atoms with van der Waals surface area (Å²) in [5.74, 6) is 0.292. The molecule has 112 valence electrons. The van der Waals surface area contributed by atoms with Crippen molar-refractivity contribution >= 4 is 5.97 Å². The zero-order chi connectivity index (χ0) is 14.6. The van der Waals surface area contributed by atoms with Crippen molar-refractivity contribution in [1.29, 1.82) is 0 Å². The molecule has 6 nitrogen and oxygen atoms in total. The standard InChI is InChI=1S/C14H20O6/c1-17-14(16)12-2-4-13(5-3-12)20-11-10-19-9-8-18-7-6-15/h2-5,15H,6-11H2,1H3. The number of hydrogen-bond acceptors (Lipinski definition) is 6. The van der Waals surface area contributed by atoms with Gasteiger partial charge in [-0.05, 0) is 24.3 Å². The van der Waals surface area contributed by atoms with Gasteiger partial charge >= 0.3 is 5.97 Å². The van der Waals surface area contributed by atoms with Crippen molar-refractivity contribution in [3.05, 3.63) is 29.8 Å². The summed E-state index contributed by atoms with van der Waals surface area (Å²) in [6, 6.07) is 6.70. The first kappa shape index (κ1) is 16.4. The number of methoxy groups -OCH3 is 1. The highest BCUT2D eigenvalue weighted by molar-refractivity contribution is 5.89. The molecule has 1 rings (SSSR count). The Balaban J connectivity index is 2.11. The van der Waals surface area contributed by atoms with Gasteiger partial charge in [-0.1, -0.05) is 0 Å². The summed E-state index contributed by atoms with van der Waals surface area (Å²) in [6.45, 7) is 2.12. The molecule has 1 aromatic rings. The fourth-order valence-corrected chi connectivity index (χ4v) is 1.41. The van der Waals surface area contributed by atoms with Crippen LogP contribution in [0.25, 0.3) is 0 Å². The van der Waals surface area contributed by atoms with Gasteiger partial charge in [-0.25, -0.2) is 4.79 Å². The van der Waals surface area contributed by atoms with Gasteiger partial charge in [-0.2, -0.15) is 0 Å². The first-order chi connectivity index (χ1) is 9.77. The lowest BCUT2D eigenvalue weighted by atomic mass is 10.2. The molecular formula is C14H20O6. The van der Waals surface area contributed by atoms with E-state index in [9.17, 15) is 4.79 Å². The van der Waals surface area contributed by atoms with Crippen molar-refractivity contribution in [1.82, 2.24) is 0 Å². The Morgan fingerprint density at radius 1 is 1.00 bits per heavy atom. The molecule has 6 heteroatoms. The molecule has 0 saturated heterocycles. The van der Waals surface area contributed by atoms with E-state index in [-0.39, 0.29) is 12.6 Å². The highest BCUT2D eigenvalue weighted by Gasteiger charge is 2.04. The van der Waals surface area contributed by atoms with Crippen molar-refractivity contribution in [2.45, 2.75) is 0 Å². The molecule has 0 radical (unpaired) electrons. The van der Waals surface area contributed by atoms with Crippen LogP contribution in [0.2, 0.25) is 0 Å². The summed E-state index contributed by atoms with van der Waals surface area (Å²) < 4.78 is 20.4. The van der Waals surface area contributed by atoms with Crippen LogP contribution in [0.3, 0.4) is 0 Å². The monoisotopic (exact) mass is 284 g/mol. The lowest BCUT2D eigenvalue weighted by Crippen LogP contribution is -2.12. The molecule has 0 aliphatic heterocycles. The van der Waals surface area contributed by atoms with Gasteiger partial charge in [-0.3, -0.25) is 0 Å². The van der Waals surface area contributed by atoms with Crippen LogP contribution >= 0.6 is 0 Å². The predicted molar refractivity (Wildman–Crippen MR) is 72.0 cm³/mol. The molecule has 1 N–H and O–H groups in total. The number of esters is 1. The summed E-state index contributed by atoms with van der Waals surface area (Å²) >= 11 is 0. The maximum absolute atomic E-state index is 11.2. The van der Waals surface area contributed by atoms with Gasteiger partial charge in [-0.15, -0.1) is 0 Å². The van der Waals surface area contributed by atoms with Crippen LogP contribution in [0.15, 0.2) is 24.3 Å². The molecule has 1 aromatic carbocycles. The van der Waals surface area contributed by atoms with E-state index in [0.29, 0.717) is 44.3 Å². The Hall–Kier alpha value is -1.63. The Bertz CT molecular complexity index is 376. The number of hydrogen-bond donors (Lipinski definition) is 1. The van der Waals surface area contributed by atoms with E-state index in [1.54, 1.807) is 24.3 Å². The van der Waals surface area contributed by atoms with E-state index in [2.05, 4.69) is 4.74 Å². The largest absolute Gasteiger partial charge is 0.491 e. The second kappa shape index (κ2) is 10.2. The van der Waals surface area contributed by atoms with Crippen LogP contribution in [-0.2, 0) is 14.2 Å². The lowest BCUT2D eigenvalue weighted by molar-refractivity contribution is 0.0247. The topological polar surface area (TPSA) is 74.2 Å². The molecule has 0 aliphatic carbocycles. The van der Waals surface area contributed by atoms with Gasteiger partial charge in [0.05, 0.1) is 45.7 Å². The summed E-state index contributed by atoms with van der Waals surface area (Å²) in [5, 5.41) is 8.49. The maximum Gasteiger partial charge on any atom is 0.337 e. The molecule has 0 aliphatic rings. The van der Waals surface area contributed by atoms with Gasteiger partial charge in [0.1, 0.15) is 12.4 Å². The van der Waals surface area contributed by atoms with Crippen molar-refractivity contribution in [3.8, 4) is 5.75 Å². The van der Waals surface area contributed by atoms with E-state index in [4.69, 9.17) is 19.3 Å². The van der Waals surface area contributed by atoms with Crippen LogP contribution in [-0.4, -0.2) is 57.8 Å². The van der Waals surface area contributed by atoms with Crippen LogP contribution < -0.4 is 4.74 Å². The average molecular weight is 284 g/mol. The van der Waals surface area contributed by atoms with Crippen LogP contribution in [0.5, 0.6) is 5.75 Å². The van der Waals surface area contributed by atoms with Crippen LogP contribution in [0, 0.1) is 0 Å². The summed E-state index contributed by atoms with van der Waals surface area (Å²) in [7, 11) is 1.34. The number of carbonyl (C=O) groups is 1. The second-order valence-corrected chi connectivity index (χ2v) is 3.81. The van der Waals surface area contributed by atoms with Crippen molar-refractivity contribution in [3.63, 3.8) is 0 Å². The number of aliphatic hydroxyl groups is 1. The summed E-state index contributed by atoms with van der Waals surface area (Å²) in [4.78, 5) is 11.2. The van der Waals surface area contributed by atoms with E-state index >= 15 is 0 Å². The average Bonchev–Trinajstić information content (AvgIpc) is 2.50. The predicted octanol–water partition coefficient (Wildman–Crippen LogP) is 0.877. The van der Waals surface area contributed by atoms with E-state index < -0.39 is 0 Å². The third-order valence-corrected chi connectivity index (χ3v) is 2.38. The minimum atomic E-state index is -0.372. The molecular weight excluding hydrogens is 264 g/mol. The van der Waals surface area contributed by atoms with Gasteiger partial charge in [0.2, 0.25) is 0 Å². The molecule has 0 fully saturated rings. The van der Waals surface area contributed by atoms with Gasteiger partial charge < -0.3 is 24.1 Å². The molecule has 0 saturated carbocycles. The molecule has 0 bridgehead atoms. The first-order valence-corrected chi connectivity index (χ1v) is 6.35. The Kier molecular flexibility index (Phi) is 8.37. The second-order valence-electron chi connectivity index (χ2n) is 3.81. The van der Waals surface area contributed by atoms with E-state index in [0.717, 1.165) is 0 Å². The smallest absolute Gasteiger partial charge is 0.337 e. The third kappa shape index (κ3) is 6.51. The lowest BCUT2D eigenvalue weighted by Gasteiger charge is -2.08. The highest BCUT2D eigenvalue weighted by atomic mass is 16.5. The van der Waals surface area contributed by atoms with Crippen LogP contribution in [0.4, 0.5) is 0 Å². The molecule has 20 heavy (non-hydrogen) atoms. The first-order valence-electron chi connectivity index (χ1n) is 6.35. The number of rotatable bonds is 10. The third-order valence-electron chi connectivity index (χ3n) is 2.38. The summed E-state index contributed by atoms with van der Waals surface area (Å²) in [6.07, 6.45) is 0. The minimum absolute atomic E-state index is 0.0185. The maximum atomic E-state index is 11.2. The fraction of sp³-hybridized carbons (Fsp3) is 0.500. The van der Waals surface area contributed by atoms with Crippen molar-refractivity contribution in [2.24, 2.45) is 0 Å². The molecule has 0 atom stereocenters. The number of carbonyl (C=O) groups excluding carboxylic acids is 1. The zero-order valence-corrected chi connectivity index (χ0v) is 11.5. The number of aliphatic hydroxyl groups excluding tert-OH is 1. The minimum Gasteiger partial charge on any atom is -0.491 e. The summed E-state index contributed by atoms with van der Waals surface area (Å²) in [5.41, 5.74) is 0.483. The molecule has 0 unspecified atom stereocenters. The molecule has 0 spiro atoms. The normalized spacial score (nSPS) is 10.3. The fourth-order valence-electron chi connectivity index (χ4n) is 1.41. The molecule has 0 amide bonds. The van der Waals surface area contributed by atoms with Gasteiger partial charge in [0.25, 0.3) is 0 Å². The van der Waals surface area contributed by atoms with E-state index in [1.165, 1.54) is 7.11 Å². The Labute approximate surface area is 118 Å². The Morgan fingerprint density at radius 3 is 2.20 bits per heavy atom. The SMILES string of the molecule is COC(=O)c1ccc(OCCOCCOCCO)cc1. The number of ether oxygens (including phenoxy) is 4. The van der Waals surface area contributed by atoms with Crippen LogP contribution in [0.1, 0.15) is 10.4 Å². The van der Waals surface area contributed by atoms with Crippen molar-refractivity contribution in [2.75, 3.05) is 46.8 Å². The number of benzene rings is 1. The quantitative estimate of drug-likeness (QED) is 0.508. The highest BCUT2D eigenvalue weighted by Crippen LogP contribution is 2.12. The zero-order valence-electron chi connectivity index (χ0n) is 11.5. The molecule has 0 aromatic heterocycles. The molecule has 0 heterocycles. The van der Waals surface area contributed by atoms with Gasteiger partial charge in [0, 0.05) is 0 Å². The van der Waals surface area contributed by atoms with E-state index in [1.807, 2.05) is 0 Å². The Morgan fingerprint density at radius 2 is 1.60 bits per heavy atom. The van der Waals surface area contributed by atoms with Crippen molar-refractivity contribution < 1.29 is 28.8 Å².